The SMILES string of the molecule is C/C=C/[C@H]1CC[C@H](CC/C=C/C2CCC([C@H]3CC[C@H](CCCCC)CC3)CC2)CC1. The third-order valence-electron chi connectivity index (χ3n) is 9.10. The molecule has 0 N–H and O–H groups in total. The fraction of sp³-hybridized carbons (Fsp3) is 0.867. The summed E-state index contributed by atoms with van der Waals surface area (Å²) in [7, 11) is 0. The highest BCUT2D eigenvalue weighted by Crippen LogP contribution is 2.42. The summed E-state index contributed by atoms with van der Waals surface area (Å²) in [5.74, 6) is 6.01. The first-order valence-electron chi connectivity index (χ1n) is 14.1. The highest BCUT2D eigenvalue weighted by atomic mass is 14.4. The Kier molecular flexibility index (Phi) is 11.1. The van der Waals surface area contributed by atoms with Crippen LogP contribution in [-0.4, -0.2) is 0 Å². The monoisotopic (exact) mass is 412 g/mol. The molecule has 3 fully saturated rings. The number of allylic oxidation sites excluding steroid dienone is 4. The summed E-state index contributed by atoms with van der Waals surface area (Å²) in [5, 5.41) is 0. The van der Waals surface area contributed by atoms with E-state index in [0.29, 0.717) is 0 Å². The lowest BCUT2D eigenvalue weighted by molar-refractivity contribution is 0.151. The molecule has 0 radical (unpaired) electrons. The van der Waals surface area contributed by atoms with Gasteiger partial charge in [-0.25, -0.2) is 0 Å². The number of unbranched alkanes of at least 4 members (excludes halogenated alkanes) is 2. The van der Waals surface area contributed by atoms with Crippen LogP contribution in [0.3, 0.4) is 0 Å². The molecule has 0 aromatic carbocycles. The molecule has 0 spiro atoms. The summed E-state index contributed by atoms with van der Waals surface area (Å²) < 4.78 is 0. The van der Waals surface area contributed by atoms with Crippen molar-refractivity contribution in [3.05, 3.63) is 24.3 Å². The minimum absolute atomic E-state index is 0.882. The van der Waals surface area contributed by atoms with Gasteiger partial charge in [-0.2, -0.15) is 0 Å². The Morgan fingerprint density at radius 3 is 1.77 bits per heavy atom. The number of hydrogen-bond acceptors (Lipinski definition) is 0. The van der Waals surface area contributed by atoms with Crippen LogP contribution in [0.5, 0.6) is 0 Å². The van der Waals surface area contributed by atoms with Crippen molar-refractivity contribution in [3.8, 4) is 0 Å². The molecule has 0 atom stereocenters. The van der Waals surface area contributed by atoms with Crippen LogP contribution in [0, 0.1) is 35.5 Å². The predicted octanol–water partition coefficient (Wildman–Crippen LogP) is 9.90. The molecule has 0 aromatic heterocycles. The van der Waals surface area contributed by atoms with Gasteiger partial charge >= 0.3 is 0 Å². The van der Waals surface area contributed by atoms with Gasteiger partial charge in [-0.3, -0.25) is 0 Å². The topological polar surface area (TPSA) is 0 Å². The van der Waals surface area contributed by atoms with E-state index in [1.54, 1.807) is 25.7 Å². The maximum Gasteiger partial charge on any atom is -0.0233 e. The smallest absolute Gasteiger partial charge is 0.0233 e. The first kappa shape index (κ1) is 24.1. The van der Waals surface area contributed by atoms with Gasteiger partial charge in [0, 0.05) is 0 Å². The molecule has 30 heavy (non-hydrogen) atoms. The van der Waals surface area contributed by atoms with Crippen molar-refractivity contribution in [2.45, 2.75) is 129 Å². The quantitative estimate of drug-likeness (QED) is 0.247. The normalized spacial score (nSPS) is 35.9. The van der Waals surface area contributed by atoms with Gasteiger partial charge in [0.15, 0.2) is 0 Å². The van der Waals surface area contributed by atoms with Crippen LogP contribution >= 0.6 is 0 Å². The lowest BCUT2D eigenvalue weighted by Gasteiger charge is -2.37. The van der Waals surface area contributed by atoms with E-state index in [-0.39, 0.29) is 0 Å². The van der Waals surface area contributed by atoms with Crippen molar-refractivity contribution in [3.63, 3.8) is 0 Å². The minimum atomic E-state index is 0.882. The molecule has 0 aliphatic heterocycles. The van der Waals surface area contributed by atoms with Gasteiger partial charge in [-0.15, -0.1) is 0 Å². The van der Waals surface area contributed by atoms with Gasteiger partial charge in [-0.05, 0) is 119 Å². The van der Waals surface area contributed by atoms with Gasteiger partial charge in [-0.1, -0.05) is 69.8 Å². The fourth-order valence-corrected chi connectivity index (χ4v) is 7.00. The first-order chi connectivity index (χ1) is 14.8. The molecular weight excluding hydrogens is 360 g/mol. The van der Waals surface area contributed by atoms with Crippen LogP contribution in [0.2, 0.25) is 0 Å². The molecule has 0 saturated heterocycles. The van der Waals surface area contributed by atoms with Crippen molar-refractivity contribution in [2.75, 3.05) is 0 Å². The average Bonchev–Trinajstić information content (AvgIpc) is 2.79. The van der Waals surface area contributed by atoms with Crippen molar-refractivity contribution < 1.29 is 0 Å². The Morgan fingerprint density at radius 1 is 0.600 bits per heavy atom. The average molecular weight is 413 g/mol. The maximum atomic E-state index is 2.62. The van der Waals surface area contributed by atoms with Gasteiger partial charge in [0.2, 0.25) is 0 Å². The molecule has 0 unspecified atom stereocenters. The summed E-state index contributed by atoms with van der Waals surface area (Å²) >= 11 is 0. The minimum Gasteiger partial charge on any atom is -0.0914 e. The summed E-state index contributed by atoms with van der Waals surface area (Å²) in [6.07, 6.45) is 36.5. The second-order valence-electron chi connectivity index (χ2n) is 11.3. The van der Waals surface area contributed by atoms with Gasteiger partial charge < -0.3 is 0 Å². The van der Waals surface area contributed by atoms with Crippen molar-refractivity contribution in [1.82, 2.24) is 0 Å². The lowest BCUT2D eigenvalue weighted by Crippen LogP contribution is -2.25. The Hall–Kier alpha value is -0.520. The third kappa shape index (κ3) is 8.20. The van der Waals surface area contributed by atoms with E-state index in [2.05, 4.69) is 38.2 Å². The van der Waals surface area contributed by atoms with Crippen molar-refractivity contribution in [2.24, 2.45) is 35.5 Å². The molecule has 3 rings (SSSR count). The zero-order chi connectivity index (χ0) is 21.0. The number of hydrogen-bond donors (Lipinski definition) is 0. The Balaban J connectivity index is 1.24. The molecule has 0 heterocycles. The van der Waals surface area contributed by atoms with Crippen molar-refractivity contribution >= 4 is 0 Å². The molecule has 3 aliphatic carbocycles. The van der Waals surface area contributed by atoms with Crippen molar-refractivity contribution in [1.29, 1.82) is 0 Å². The molecule has 3 aliphatic rings. The van der Waals surface area contributed by atoms with E-state index in [0.717, 1.165) is 35.5 Å². The first-order valence-corrected chi connectivity index (χ1v) is 14.1. The second kappa shape index (κ2) is 13.8. The molecule has 0 aromatic rings. The van der Waals surface area contributed by atoms with E-state index in [1.165, 1.54) is 89.9 Å². The van der Waals surface area contributed by atoms with Crippen LogP contribution in [0.1, 0.15) is 129 Å². The van der Waals surface area contributed by atoms with Crippen LogP contribution in [0.25, 0.3) is 0 Å². The van der Waals surface area contributed by atoms with Gasteiger partial charge in [0.1, 0.15) is 0 Å². The van der Waals surface area contributed by atoms with E-state index < -0.39 is 0 Å². The summed E-state index contributed by atoms with van der Waals surface area (Å²) in [5.41, 5.74) is 0. The summed E-state index contributed by atoms with van der Waals surface area (Å²) in [6.45, 7) is 4.50. The van der Waals surface area contributed by atoms with E-state index >= 15 is 0 Å². The van der Waals surface area contributed by atoms with Crippen LogP contribution in [0.15, 0.2) is 24.3 Å². The molecule has 0 bridgehead atoms. The maximum absolute atomic E-state index is 2.62. The molecule has 0 amide bonds. The zero-order valence-electron chi connectivity index (χ0n) is 20.5. The predicted molar refractivity (Wildman–Crippen MR) is 134 cm³/mol. The van der Waals surface area contributed by atoms with Crippen LogP contribution in [-0.2, 0) is 0 Å². The molecule has 0 nitrogen and oxygen atoms in total. The second-order valence-corrected chi connectivity index (χ2v) is 11.3. The zero-order valence-corrected chi connectivity index (χ0v) is 20.5. The third-order valence-corrected chi connectivity index (χ3v) is 9.10. The highest BCUT2D eigenvalue weighted by Gasteiger charge is 2.30. The molecule has 172 valence electrons. The van der Waals surface area contributed by atoms with Gasteiger partial charge in [0.25, 0.3) is 0 Å². The summed E-state index contributed by atoms with van der Waals surface area (Å²) in [6, 6.07) is 0. The molecular formula is C30H52. The highest BCUT2D eigenvalue weighted by molar-refractivity contribution is 4.94. The lowest BCUT2D eigenvalue weighted by atomic mass is 9.68. The largest absolute Gasteiger partial charge is 0.0914 e. The molecule has 3 saturated carbocycles. The van der Waals surface area contributed by atoms with E-state index in [4.69, 9.17) is 0 Å². The van der Waals surface area contributed by atoms with Gasteiger partial charge in [0.05, 0.1) is 0 Å². The number of rotatable bonds is 10. The van der Waals surface area contributed by atoms with E-state index in [1.807, 2.05) is 0 Å². The Bertz CT molecular complexity index is 476. The van der Waals surface area contributed by atoms with E-state index in [9.17, 15) is 0 Å². The molecule has 0 heteroatoms. The van der Waals surface area contributed by atoms with Crippen LogP contribution < -0.4 is 0 Å². The fourth-order valence-electron chi connectivity index (χ4n) is 7.00. The van der Waals surface area contributed by atoms with Crippen LogP contribution in [0.4, 0.5) is 0 Å². The Morgan fingerprint density at radius 2 is 1.13 bits per heavy atom. The summed E-state index contributed by atoms with van der Waals surface area (Å²) in [4.78, 5) is 0. The standard InChI is InChI=1S/C30H52/c1-3-5-6-10-27-17-21-29(22-18-27)30-23-19-28(20-24-30)12-8-7-11-26-15-13-25(9-4-2)14-16-26/h4,8-9,12,25-30H,3,5-7,10-11,13-24H2,1-2H3/b9-4+,12-8+/t25-,26-,27-,28?,29-,30?. The Labute approximate surface area is 189 Å².